The van der Waals surface area contributed by atoms with Gasteiger partial charge in [-0.3, -0.25) is 0 Å². The topological polar surface area (TPSA) is 82.8 Å². The normalized spacial score (nSPS) is 9.55. The summed E-state index contributed by atoms with van der Waals surface area (Å²) in [5.74, 6) is -0.177. The van der Waals surface area contributed by atoms with Crippen molar-refractivity contribution in [2.75, 3.05) is 5.73 Å². The molecule has 0 amide bonds. The second-order valence-electron chi connectivity index (χ2n) is 4.07. The van der Waals surface area contributed by atoms with Gasteiger partial charge in [0.2, 0.25) is 0 Å². The van der Waals surface area contributed by atoms with Crippen molar-refractivity contribution in [2.24, 2.45) is 0 Å². The molecular formula is C15H10FN3O. The van der Waals surface area contributed by atoms with E-state index in [-0.39, 0.29) is 12.2 Å². The number of nitrogens with zero attached hydrogens (tertiary/aromatic N) is 2. The minimum atomic E-state index is -0.516. The molecule has 20 heavy (non-hydrogen) atoms. The summed E-state index contributed by atoms with van der Waals surface area (Å²) in [6.07, 6.45) is 0. The lowest BCUT2D eigenvalue weighted by atomic mass is 10.1. The number of ether oxygens (including phenoxy) is 1. The Kier molecular flexibility index (Phi) is 3.83. The molecule has 2 aromatic carbocycles. The fourth-order valence-electron chi connectivity index (χ4n) is 1.65. The monoisotopic (exact) mass is 267 g/mol. The first-order valence-corrected chi connectivity index (χ1v) is 5.75. The molecular weight excluding hydrogens is 257 g/mol. The van der Waals surface area contributed by atoms with Gasteiger partial charge in [0.25, 0.3) is 0 Å². The summed E-state index contributed by atoms with van der Waals surface area (Å²) in [5, 5.41) is 17.6. The maximum absolute atomic E-state index is 13.7. The van der Waals surface area contributed by atoms with Crippen molar-refractivity contribution in [1.29, 1.82) is 10.5 Å². The molecule has 0 unspecified atom stereocenters. The quantitative estimate of drug-likeness (QED) is 0.867. The number of hydrogen-bond acceptors (Lipinski definition) is 4. The molecule has 98 valence electrons. The van der Waals surface area contributed by atoms with Crippen LogP contribution in [0.5, 0.6) is 5.75 Å². The second-order valence-corrected chi connectivity index (χ2v) is 4.07. The van der Waals surface area contributed by atoms with E-state index >= 15 is 0 Å². The van der Waals surface area contributed by atoms with Crippen LogP contribution in [0.25, 0.3) is 0 Å². The Morgan fingerprint density at radius 3 is 2.55 bits per heavy atom. The summed E-state index contributed by atoms with van der Waals surface area (Å²) in [4.78, 5) is 0. The minimum absolute atomic E-state index is 0.0316. The lowest BCUT2D eigenvalue weighted by Gasteiger charge is -2.09. The van der Waals surface area contributed by atoms with E-state index < -0.39 is 5.82 Å². The third-order valence-corrected chi connectivity index (χ3v) is 2.69. The van der Waals surface area contributed by atoms with Gasteiger partial charge in [-0.05, 0) is 30.3 Å². The van der Waals surface area contributed by atoms with Crippen LogP contribution in [0.3, 0.4) is 0 Å². The smallest absolute Gasteiger partial charge is 0.137 e. The third kappa shape index (κ3) is 2.85. The highest BCUT2D eigenvalue weighted by Gasteiger charge is 2.07. The zero-order valence-electron chi connectivity index (χ0n) is 10.4. The van der Waals surface area contributed by atoms with Crippen LogP contribution in [0, 0.1) is 28.5 Å². The largest absolute Gasteiger partial charge is 0.487 e. The van der Waals surface area contributed by atoms with Crippen molar-refractivity contribution in [3.8, 4) is 17.9 Å². The highest BCUT2D eigenvalue weighted by Crippen LogP contribution is 2.22. The van der Waals surface area contributed by atoms with Gasteiger partial charge in [-0.15, -0.1) is 0 Å². The van der Waals surface area contributed by atoms with Crippen LogP contribution in [-0.2, 0) is 6.61 Å². The van der Waals surface area contributed by atoms with Gasteiger partial charge in [-0.2, -0.15) is 10.5 Å². The van der Waals surface area contributed by atoms with Gasteiger partial charge in [0.05, 0.1) is 17.2 Å². The predicted octanol–water partition coefficient (Wildman–Crippen LogP) is 2.73. The van der Waals surface area contributed by atoms with E-state index in [2.05, 4.69) is 0 Å². The summed E-state index contributed by atoms with van der Waals surface area (Å²) < 4.78 is 19.1. The molecule has 0 radical (unpaired) electrons. The van der Waals surface area contributed by atoms with Crippen molar-refractivity contribution < 1.29 is 9.13 Å². The highest BCUT2D eigenvalue weighted by molar-refractivity contribution is 5.53. The standard InChI is InChI=1S/C15H10FN3O/c16-14-5-10(7-17)1-2-11(14)9-20-15-4-3-13(19)6-12(15)8-18/h1-6H,9,19H2. The fourth-order valence-corrected chi connectivity index (χ4v) is 1.65. The molecule has 0 saturated heterocycles. The van der Waals surface area contributed by atoms with E-state index in [1.54, 1.807) is 12.1 Å². The number of rotatable bonds is 3. The molecule has 0 aliphatic heterocycles. The van der Waals surface area contributed by atoms with E-state index in [4.69, 9.17) is 21.0 Å². The first-order valence-electron chi connectivity index (χ1n) is 5.75. The van der Waals surface area contributed by atoms with Crippen molar-refractivity contribution in [3.63, 3.8) is 0 Å². The number of hydrogen-bond donors (Lipinski definition) is 1. The molecule has 0 fully saturated rings. The molecule has 0 aliphatic rings. The van der Waals surface area contributed by atoms with Crippen molar-refractivity contribution >= 4 is 5.69 Å². The summed E-state index contributed by atoms with van der Waals surface area (Å²) in [7, 11) is 0. The van der Waals surface area contributed by atoms with Gasteiger partial charge >= 0.3 is 0 Å². The number of nitrogens with two attached hydrogens (primary N) is 1. The molecule has 0 bridgehead atoms. The lowest BCUT2D eigenvalue weighted by Crippen LogP contribution is -2.01. The third-order valence-electron chi connectivity index (χ3n) is 2.69. The Balaban J connectivity index is 2.18. The maximum atomic E-state index is 13.7. The maximum Gasteiger partial charge on any atom is 0.137 e. The highest BCUT2D eigenvalue weighted by atomic mass is 19.1. The van der Waals surface area contributed by atoms with Crippen LogP contribution in [0.1, 0.15) is 16.7 Å². The van der Waals surface area contributed by atoms with Crippen LogP contribution in [0.4, 0.5) is 10.1 Å². The fraction of sp³-hybridized carbons (Fsp3) is 0.0667. The molecule has 2 N–H and O–H groups in total. The van der Waals surface area contributed by atoms with Gasteiger partial charge in [-0.25, -0.2) is 4.39 Å². The van der Waals surface area contributed by atoms with Crippen molar-refractivity contribution in [2.45, 2.75) is 6.61 Å². The SMILES string of the molecule is N#Cc1ccc(COc2ccc(N)cc2C#N)c(F)c1. The van der Waals surface area contributed by atoms with Gasteiger partial charge < -0.3 is 10.5 Å². The van der Waals surface area contributed by atoms with Crippen LogP contribution >= 0.6 is 0 Å². The van der Waals surface area contributed by atoms with Crippen molar-refractivity contribution in [3.05, 3.63) is 58.9 Å². The zero-order valence-corrected chi connectivity index (χ0v) is 10.4. The molecule has 0 atom stereocenters. The first kappa shape index (κ1) is 13.4. The van der Waals surface area contributed by atoms with E-state index in [1.807, 2.05) is 12.1 Å². The van der Waals surface area contributed by atoms with Crippen LogP contribution in [0.2, 0.25) is 0 Å². The molecule has 2 aromatic rings. The Labute approximate surface area is 115 Å². The predicted molar refractivity (Wildman–Crippen MR) is 71.0 cm³/mol. The zero-order chi connectivity index (χ0) is 14.5. The lowest BCUT2D eigenvalue weighted by molar-refractivity contribution is 0.299. The number of nitrogen functional groups attached to an aromatic ring is 1. The minimum Gasteiger partial charge on any atom is -0.487 e. The van der Waals surface area contributed by atoms with Crippen LogP contribution < -0.4 is 10.5 Å². The average molecular weight is 267 g/mol. The Morgan fingerprint density at radius 1 is 1.10 bits per heavy atom. The van der Waals surface area contributed by atoms with Crippen LogP contribution in [-0.4, -0.2) is 0 Å². The Hall–Kier alpha value is -3.05. The summed E-state index contributed by atoms with van der Waals surface area (Å²) in [6.45, 7) is -0.0316. The van der Waals surface area contributed by atoms with Crippen LogP contribution in [0.15, 0.2) is 36.4 Å². The number of anilines is 1. The summed E-state index contributed by atoms with van der Waals surface area (Å²) in [5.41, 5.74) is 6.87. The van der Waals surface area contributed by atoms with Gasteiger partial charge in [0.1, 0.15) is 24.2 Å². The second kappa shape index (κ2) is 5.73. The average Bonchev–Trinajstić information content (AvgIpc) is 2.46. The number of halogens is 1. The molecule has 4 nitrogen and oxygen atoms in total. The Morgan fingerprint density at radius 2 is 1.90 bits per heavy atom. The van der Waals surface area contributed by atoms with Gasteiger partial charge in [0.15, 0.2) is 0 Å². The molecule has 0 aliphatic carbocycles. The summed E-state index contributed by atoms with van der Waals surface area (Å²) in [6, 6.07) is 12.6. The van der Waals surface area contributed by atoms with E-state index in [0.29, 0.717) is 22.6 Å². The van der Waals surface area contributed by atoms with E-state index in [0.717, 1.165) is 6.07 Å². The number of benzene rings is 2. The number of nitriles is 2. The first-order chi connectivity index (χ1) is 9.63. The van der Waals surface area contributed by atoms with E-state index in [1.165, 1.54) is 18.2 Å². The molecule has 5 heteroatoms. The van der Waals surface area contributed by atoms with E-state index in [9.17, 15) is 4.39 Å². The molecule has 0 heterocycles. The molecule has 0 aromatic heterocycles. The Bertz CT molecular complexity index is 729. The summed E-state index contributed by atoms with van der Waals surface area (Å²) >= 11 is 0. The van der Waals surface area contributed by atoms with Gasteiger partial charge in [-0.1, -0.05) is 6.07 Å². The van der Waals surface area contributed by atoms with Gasteiger partial charge in [0, 0.05) is 11.3 Å². The van der Waals surface area contributed by atoms with Crippen molar-refractivity contribution in [1.82, 2.24) is 0 Å². The molecule has 0 saturated carbocycles. The molecule has 2 rings (SSSR count). The molecule has 0 spiro atoms.